The van der Waals surface area contributed by atoms with E-state index in [4.69, 9.17) is 15.2 Å². The summed E-state index contributed by atoms with van der Waals surface area (Å²) in [6, 6.07) is 7.32. The first-order chi connectivity index (χ1) is 13.1. The number of piperidine rings is 1. The Balaban J connectivity index is 0.00000280. The summed E-state index contributed by atoms with van der Waals surface area (Å²) in [4.78, 5) is 26.8. The van der Waals surface area contributed by atoms with Crippen molar-refractivity contribution in [2.24, 2.45) is 5.73 Å². The molecule has 0 bridgehead atoms. The number of carbonyl (C=O) groups excluding carboxylic acids is 2. The number of halogens is 1. The molecule has 0 spiro atoms. The molecule has 0 aliphatic carbocycles. The number of carbonyl (C=O) groups is 2. The minimum absolute atomic E-state index is 0. The van der Waals surface area contributed by atoms with Crippen LogP contribution in [0.15, 0.2) is 24.3 Å². The third kappa shape index (κ3) is 5.59. The molecule has 0 saturated carbocycles. The molecule has 7 nitrogen and oxygen atoms in total. The van der Waals surface area contributed by atoms with Gasteiger partial charge in [-0.15, -0.1) is 12.4 Å². The summed E-state index contributed by atoms with van der Waals surface area (Å²) in [6.07, 6.45) is 2.67. The Morgan fingerprint density at radius 3 is 2.43 bits per heavy atom. The lowest BCUT2D eigenvalue weighted by Gasteiger charge is -2.33. The fourth-order valence-electron chi connectivity index (χ4n) is 3.64. The first kappa shape index (κ1) is 22.5. The smallest absolute Gasteiger partial charge is 0.253 e. The number of hydrogen-bond acceptors (Lipinski definition) is 5. The molecule has 1 aromatic carbocycles. The Bertz CT molecular complexity index is 647. The van der Waals surface area contributed by atoms with Gasteiger partial charge in [0.15, 0.2) is 0 Å². The molecule has 2 amide bonds. The van der Waals surface area contributed by atoms with Crippen molar-refractivity contribution in [3.63, 3.8) is 0 Å². The van der Waals surface area contributed by atoms with Crippen LogP contribution in [0.2, 0.25) is 0 Å². The zero-order valence-electron chi connectivity index (χ0n) is 16.3. The molecule has 2 atom stereocenters. The van der Waals surface area contributed by atoms with Crippen molar-refractivity contribution in [3.8, 4) is 5.75 Å². The van der Waals surface area contributed by atoms with Gasteiger partial charge in [0.05, 0.1) is 12.7 Å². The fraction of sp³-hybridized carbons (Fsp3) is 0.600. The van der Waals surface area contributed by atoms with Crippen LogP contribution in [0.25, 0.3) is 0 Å². The Kier molecular flexibility index (Phi) is 8.54. The number of nitrogens with two attached hydrogens (primary N) is 1. The SMILES string of the molecule is CCOc1ccc(C(=O)N2CCC(NC(=O)[C@@H]3CC[C@H](CN)O3)CC2)cc1.Cl. The second-order valence-corrected chi connectivity index (χ2v) is 7.09. The average Bonchev–Trinajstić information content (AvgIpc) is 3.18. The van der Waals surface area contributed by atoms with Crippen LogP contribution in [0.5, 0.6) is 5.75 Å². The molecule has 3 rings (SSSR count). The van der Waals surface area contributed by atoms with Gasteiger partial charge in [0.25, 0.3) is 5.91 Å². The minimum atomic E-state index is -0.387. The summed E-state index contributed by atoms with van der Waals surface area (Å²) in [5, 5.41) is 3.07. The van der Waals surface area contributed by atoms with Gasteiger partial charge < -0.3 is 25.4 Å². The lowest BCUT2D eigenvalue weighted by Crippen LogP contribution is -2.48. The van der Waals surface area contributed by atoms with E-state index >= 15 is 0 Å². The summed E-state index contributed by atoms with van der Waals surface area (Å²) >= 11 is 0. The van der Waals surface area contributed by atoms with E-state index in [9.17, 15) is 9.59 Å². The van der Waals surface area contributed by atoms with Gasteiger partial charge in [-0.2, -0.15) is 0 Å². The van der Waals surface area contributed by atoms with Crippen molar-refractivity contribution in [1.29, 1.82) is 0 Å². The normalized spacial score (nSPS) is 22.4. The van der Waals surface area contributed by atoms with Crippen LogP contribution >= 0.6 is 12.4 Å². The predicted octanol–water partition coefficient (Wildman–Crippen LogP) is 1.73. The van der Waals surface area contributed by atoms with Gasteiger partial charge >= 0.3 is 0 Å². The Hall–Kier alpha value is -1.83. The third-order valence-electron chi connectivity index (χ3n) is 5.20. The molecule has 2 aliphatic heterocycles. The number of rotatable bonds is 6. The van der Waals surface area contributed by atoms with Crippen LogP contribution in [-0.4, -0.2) is 61.2 Å². The number of nitrogens with one attached hydrogen (secondary N) is 1. The summed E-state index contributed by atoms with van der Waals surface area (Å²) in [6.45, 7) is 4.25. The maximum Gasteiger partial charge on any atom is 0.253 e. The van der Waals surface area contributed by atoms with Crippen LogP contribution in [0.3, 0.4) is 0 Å². The number of hydrogen-bond donors (Lipinski definition) is 2. The molecule has 156 valence electrons. The number of ether oxygens (including phenoxy) is 2. The van der Waals surface area contributed by atoms with Crippen molar-refractivity contribution in [1.82, 2.24) is 10.2 Å². The molecular formula is C20H30ClN3O4. The van der Waals surface area contributed by atoms with E-state index in [1.165, 1.54) is 0 Å². The van der Waals surface area contributed by atoms with Crippen LogP contribution in [0.4, 0.5) is 0 Å². The fourth-order valence-corrected chi connectivity index (χ4v) is 3.64. The van der Waals surface area contributed by atoms with E-state index in [1.54, 1.807) is 12.1 Å². The van der Waals surface area contributed by atoms with Crippen molar-refractivity contribution >= 4 is 24.2 Å². The molecule has 3 N–H and O–H groups in total. The maximum absolute atomic E-state index is 12.6. The average molecular weight is 412 g/mol. The van der Waals surface area contributed by atoms with E-state index in [2.05, 4.69) is 5.32 Å². The molecule has 0 aromatic heterocycles. The standard InChI is InChI=1S/C20H29N3O4.ClH/c1-2-26-16-5-3-14(4-6-16)20(25)23-11-9-15(10-12-23)22-19(24)18-8-7-17(13-21)27-18;/h3-6,15,17-18H,2,7-13,21H2,1H3,(H,22,24);1H/t17-,18+;/m1./s1. The quantitative estimate of drug-likeness (QED) is 0.743. The summed E-state index contributed by atoms with van der Waals surface area (Å²) in [5.41, 5.74) is 6.25. The highest BCUT2D eigenvalue weighted by Crippen LogP contribution is 2.21. The lowest BCUT2D eigenvalue weighted by molar-refractivity contribution is -0.132. The first-order valence-corrected chi connectivity index (χ1v) is 9.78. The van der Waals surface area contributed by atoms with Crippen LogP contribution < -0.4 is 15.8 Å². The van der Waals surface area contributed by atoms with Crippen LogP contribution in [0, 0.1) is 0 Å². The van der Waals surface area contributed by atoms with Crippen molar-refractivity contribution in [2.75, 3.05) is 26.2 Å². The van der Waals surface area contributed by atoms with Gasteiger partial charge in [0, 0.05) is 31.2 Å². The zero-order valence-corrected chi connectivity index (χ0v) is 17.1. The van der Waals surface area contributed by atoms with Crippen molar-refractivity contribution in [3.05, 3.63) is 29.8 Å². The maximum atomic E-state index is 12.6. The molecule has 2 fully saturated rings. The van der Waals surface area contributed by atoms with Crippen LogP contribution in [-0.2, 0) is 9.53 Å². The number of amides is 2. The molecule has 1 aromatic rings. The topological polar surface area (TPSA) is 93.9 Å². The molecule has 2 heterocycles. The number of nitrogens with zero attached hydrogens (tertiary/aromatic N) is 1. The van der Waals surface area contributed by atoms with E-state index in [1.807, 2.05) is 24.0 Å². The monoisotopic (exact) mass is 411 g/mol. The molecule has 8 heteroatoms. The summed E-state index contributed by atoms with van der Waals surface area (Å²) in [5.74, 6) is 0.733. The van der Waals surface area contributed by atoms with E-state index in [0.717, 1.165) is 31.4 Å². The van der Waals surface area contributed by atoms with E-state index in [-0.39, 0.29) is 42.5 Å². The minimum Gasteiger partial charge on any atom is -0.494 e. The second-order valence-electron chi connectivity index (χ2n) is 7.09. The Morgan fingerprint density at radius 1 is 1.18 bits per heavy atom. The number of benzene rings is 1. The molecule has 0 radical (unpaired) electrons. The Morgan fingerprint density at radius 2 is 1.86 bits per heavy atom. The molecule has 2 saturated heterocycles. The number of likely N-dealkylation sites (tertiary alicyclic amines) is 1. The Labute approximate surface area is 172 Å². The van der Waals surface area contributed by atoms with Crippen molar-refractivity contribution in [2.45, 2.75) is 50.9 Å². The molecule has 2 aliphatic rings. The first-order valence-electron chi connectivity index (χ1n) is 9.78. The van der Waals surface area contributed by atoms with E-state index < -0.39 is 0 Å². The highest BCUT2D eigenvalue weighted by Gasteiger charge is 2.32. The van der Waals surface area contributed by atoms with Gasteiger partial charge in [0.2, 0.25) is 5.91 Å². The largest absolute Gasteiger partial charge is 0.494 e. The van der Waals surface area contributed by atoms with Gasteiger partial charge in [-0.1, -0.05) is 0 Å². The molecule has 28 heavy (non-hydrogen) atoms. The lowest BCUT2D eigenvalue weighted by atomic mass is 10.0. The van der Waals surface area contributed by atoms with Crippen LogP contribution in [0.1, 0.15) is 43.0 Å². The molecular weight excluding hydrogens is 382 g/mol. The molecule has 0 unspecified atom stereocenters. The predicted molar refractivity (Wildman–Crippen MR) is 109 cm³/mol. The van der Waals surface area contributed by atoms with E-state index in [0.29, 0.717) is 31.8 Å². The summed E-state index contributed by atoms with van der Waals surface area (Å²) in [7, 11) is 0. The van der Waals surface area contributed by atoms with Gasteiger partial charge in [0.1, 0.15) is 11.9 Å². The third-order valence-corrected chi connectivity index (χ3v) is 5.20. The zero-order chi connectivity index (χ0) is 19.2. The second kappa shape index (κ2) is 10.6. The highest BCUT2D eigenvalue weighted by molar-refractivity contribution is 5.94. The van der Waals surface area contributed by atoms with Gasteiger partial charge in [-0.25, -0.2) is 0 Å². The van der Waals surface area contributed by atoms with Gasteiger partial charge in [-0.3, -0.25) is 9.59 Å². The van der Waals surface area contributed by atoms with Gasteiger partial charge in [-0.05, 0) is 56.9 Å². The van der Waals surface area contributed by atoms with Crippen molar-refractivity contribution < 1.29 is 19.1 Å². The highest BCUT2D eigenvalue weighted by atomic mass is 35.5. The summed E-state index contributed by atoms with van der Waals surface area (Å²) < 4.78 is 11.1.